The Morgan fingerprint density at radius 2 is 2.19 bits per heavy atom. The van der Waals surface area contributed by atoms with Gasteiger partial charge in [0.15, 0.2) is 0 Å². The monoisotopic (exact) mass is 266 g/mol. The molecule has 1 unspecified atom stereocenters. The van der Waals surface area contributed by atoms with Gasteiger partial charge in [0.25, 0.3) is 0 Å². The highest BCUT2D eigenvalue weighted by molar-refractivity contribution is 7.99. The fourth-order valence-electron chi connectivity index (χ4n) is 1.63. The lowest BCUT2D eigenvalue weighted by Gasteiger charge is -2.22. The summed E-state index contributed by atoms with van der Waals surface area (Å²) in [6, 6.07) is 0.475. The molecule has 1 atom stereocenters. The fraction of sp³-hybridized carbons (Fsp3) is 1.00. The predicted molar refractivity (Wildman–Crippen MR) is 70.4 cm³/mol. The van der Waals surface area contributed by atoms with Crippen LogP contribution in [0, 0.1) is 0 Å². The van der Waals surface area contributed by atoms with Crippen molar-refractivity contribution in [3.05, 3.63) is 0 Å². The van der Waals surface area contributed by atoms with Gasteiger partial charge in [0.2, 0.25) is 10.0 Å². The van der Waals surface area contributed by atoms with Crippen LogP contribution in [0.1, 0.15) is 26.7 Å². The second-order valence-corrected chi connectivity index (χ2v) is 7.48. The van der Waals surface area contributed by atoms with E-state index in [1.807, 2.05) is 25.6 Å². The normalized spacial score (nSPS) is 22.6. The zero-order valence-corrected chi connectivity index (χ0v) is 11.7. The first-order chi connectivity index (χ1) is 7.49. The highest BCUT2D eigenvalue weighted by Gasteiger charge is 2.19. The fourth-order valence-corrected chi connectivity index (χ4v) is 4.02. The second-order valence-electron chi connectivity index (χ2n) is 4.46. The van der Waals surface area contributed by atoms with Gasteiger partial charge < -0.3 is 5.32 Å². The maximum absolute atomic E-state index is 11.7. The molecule has 1 aliphatic rings. The van der Waals surface area contributed by atoms with E-state index in [0.29, 0.717) is 12.6 Å². The number of rotatable bonds is 6. The molecule has 0 aromatic rings. The summed E-state index contributed by atoms with van der Waals surface area (Å²) in [4.78, 5) is 0. The van der Waals surface area contributed by atoms with Gasteiger partial charge in [-0.05, 0) is 18.6 Å². The molecule has 0 spiro atoms. The third-order valence-corrected chi connectivity index (χ3v) is 5.08. The summed E-state index contributed by atoms with van der Waals surface area (Å²) in [5.41, 5.74) is 0. The van der Waals surface area contributed by atoms with Crippen molar-refractivity contribution in [2.45, 2.75) is 38.8 Å². The highest BCUT2D eigenvalue weighted by Crippen LogP contribution is 2.17. The molecule has 16 heavy (non-hydrogen) atoms. The van der Waals surface area contributed by atoms with Crippen LogP contribution in [-0.4, -0.2) is 44.3 Å². The van der Waals surface area contributed by atoms with Crippen LogP contribution in [0.15, 0.2) is 0 Å². The van der Waals surface area contributed by atoms with Crippen LogP contribution in [0.25, 0.3) is 0 Å². The molecule has 1 fully saturated rings. The van der Waals surface area contributed by atoms with E-state index in [-0.39, 0.29) is 11.8 Å². The molecule has 0 aliphatic carbocycles. The van der Waals surface area contributed by atoms with Crippen LogP contribution in [0.2, 0.25) is 0 Å². The van der Waals surface area contributed by atoms with Gasteiger partial charge in [-0.2, -0.15) is 11.8 Å². The minimum absolute atomic E-state index is 0.141. The largest absolute Gasteiger partial charge is 0.313 e. The van der Waals surface area contributed by atoms with Crippen molar-refractivity contribution in [2.24, 2.45) is 0 Å². The molecule has 1 saturated heterocycles. The van der Waals surface area contributed by atoms with Crippen molar-refractivity contribution in [2.75, 3.05) is 23.8 Å². The third-order valence-electron chi connectivity index (χ3n) is 2.43. The maximum atomic E-state index is 11.7. The van der Waals surface area contributed by atoms with E-state index in [2.05, 4.69) is 10.0 Å². The van der Waals surface area contributed by atoms with Crippen LogP contribution in [0.5, 0.6) is 0 Å². The van der Waals surface area contributed by atoms with Gasteiger partial charge in [0.05, 0.1) is 5.75 Å². The summed E-state index contributed by atoms with van der Waals surface area (Å²) >= 11 is 1.83. The Bertz CT molecular complexity index is 285. The first-order valence-corrected chi connectivity index (χ1v) is 8.61. The summed E-state index contributed by atoms with van der Waals surface area (Å²) in [6.07, 6.45) is 2.09. The Morgan fingerprint density at radius 1 is 1.44 bits per heavy atom. The summed E-state index contributed by atoms with van der Waals surface area (Å²) in [6.45, 7) is 4.54. The second kappa shape index (κ2) is 6.83. The lowest BCUT2D eigenvalue weighted by molar-refractivity contribution is 0.536. The van der Waals surface area contributed by atoms with Gasteiger partial charge in [-0.1, -0.05) is 13.8 Å². The molecule has 0 radical (unpaired) electrons. The van der Waals surface area contributed by atoms with Gasteiger partial charge in [0.1, 0.15) is 0 Å². The lowest BCUT2D eigenvalue weighted by Crippen LogP contribution is -2.42. The minimum atomic E-state index is -3.10. The van der Waals surface area contributed by atoms with Crippen LogP contribution in [-0.2, 0) is 10.0 Å². The third kappa shape index (κ3) is 6.08. The molecule has 1 rings (SSSR count). The van der Waals surface area contributed by atoms with Gasteiger partial charge in [-0.15, -0.1) is 0 Å². The molecule has 6 heteroatoms. The molecule has 96 valence electrons. The predicted octanol–water partition coefficient (Wildman–Crippen LogP) is 0.799. The van der Waals surface area contributed by atoms with Crippen molar-refractivity contribution in [1.29, 1.82) is 0 Å². The van der Waals surface area contributed by atoms with Crippen LogP contribution in [0.4, 0.5) is 0 Å². The number of hydrogen-bond donors (Lipinski definition) is 2. The van der Waals surface area contributed by atoms with Crippen molar-refractivity contribution in [3.63, 3.8) is 0 Å². The quantitative estimate of drug-likeness (QED) is 0.746. The van der Waals surface area contributed by atoms with E-state index in [0.717, 1.165) is 24.3 Å². The van der Waals surface area contributed by atoms with E-state index >= 15 is 0 Å². The average Bonchev–Trinajstić information content (AvgIpc) is 2.17. The first kappa shape index (κ1) is 14.3. The van der Waals surface area contributed by atoms with E-state index in [1.54, 1.807) is 0 Å². The number of nitrogens with one attached hydrogen (secondary N) is 2. The van der Waals surface area contributed by atoms with Crippen LogP contribution < -0.4 is 10.0 Å². The molecule has 0 bridgehead atoms. The number of hydrogen-bond acceptors (Lipinski definition) is 4. The molecule has 0 aromatic carbocycles. The molecule has 0 amide bonds. The SMILES string of the molecule is CC(C)NCCS(=O)(=O)NC1CCCSC1. The lowest BCUT2D eigenvalue weighted by atomic mass is 10.2. The van der Waals surface area contributed by atoms with E-state index < -0.39 is 10.0 Å². The molecular formula is C10H22N2O2S2. The standard InChI is InChI=1S/C10H22N2O2S2/c1-9(2)11-5-7-16(13,14)12-10-4-3-6-15-8-10/h9-12H,3-8H2,1-2H3. The molecule has 2 N–H and O–H groups in total. The zero-order valence-electron chi connectivity index (χ0n) is 10.0. The van der Waals surface area contributed by atoms with E-state index in [1.165, 1.54) is 0 Å². The first-order valence-electron chi connectivity index (χ1n) is 5.81. The Labute approximate surface area is 103 Å². The minimum Gasteiger partial charge on any atom is -0.313 e. The molecule has 4 nitrogen and oxygen atoms in total. The van der Waals surface area contributed by atoms with E-state index in [9.17, 15) is 8.42 Å². The molecule has 0 saturated carbocycles. The van der Waals surface area contributed by atoms with Gasteiger partial charge in [-0.25, -0.2) is 13.1 Å². The Balaban J connectivity index is 2.27. The van der Waals surface area contributed by atoms with E-state index in [4.69, 9.17) is 0 Å². The highest BCUT2D eigenvalue weighted by atomic mass is 32.2. The van der Waals surface area contributed by atoms with Crippen LogP contribution in [0.3, 0.4) is 0 Å². The Kier molecular flexibility index (Phi) is 6.10. The summed E-state index contributed by atoms with van der Waals surface area (Å²) in [5, 5.41) is 3.11. The Morgan fingerprint density at radius 3 is 2.75 bits per heavy atom. The van der Waals surface area contributed by atoms with Crippen molar-refractivity contribution >= 4 is 21.8 Å². The van der Waals surface area contributed by atoms with Gasteiger partial charge in [0, 0.05) is 24.4 Å². The summed E-state index contributed by atoms with van der Waals surface area (Å²) < 4.78 is 26.2. The van der Waals surface area contributed by atoms with Gasteiger partial charge >= 0.3 is 0 Å². The molecule has 1 heterocycles. The average molecular weight is 266 g/mol. The van der Waals surface area contributed by atoms with Crippen molar-refractivity contribution in [1.82, 2.24) is 10.0 Å². The van der Waals surface area contributed by atoms with Gasteiger partial charge in [-0.3, -0.25) is 0 Å². The number of thioether (sulfide) groups is 1. The van der Waals surface area contributed by atoms with Crippen LogP contribution >= 0.6 is 11.8 Å². The molecular weight excluding hydrogens is 244 g/mol. The molecule has 0 aromatic heterocycles. The van der Waals surface area contributed by atoms with Crippen molar-refractivity contribution in [3.8, 4) is 0 Å². The maximum Gasteiger partial charge on any atom is 0.213 e. The topological polar surface area (TPSA) is 58.2 Å². The smallest absolute Gasteiger partial charge is 0.213 e. The zero-order chi connectivity index (χ0) is 12.0. The number of sulfonamides is 1. The summed E-state index contributed by atoms with van der Waals surface area (Å²) in [7, 11) is -3.10. The Hall–Kier alpha value is 0.220. The molecule has 1 aliphatic heterocycles. The summed E-state index contributed by atoms with van der Waals surface area (Å²) in [5.74, 6) is 2.25. The van der Waals surface area contributed by atoms with Crippen molar-refractivity contribution < 1.29 is 8.42 Å².